The summed E-state index contributed by atoms with van der Waals surface area (Å²) in [4.78, 5) is 11.2. The molecule has 0 aromatic rings. The van der Waals surface area contributed by atoms with Crippen LogP contribution in [0.25, 0.3) is 0 Å². The molecule has 2 nitrogen and oxygen atoms in total. The SMILES string of the molecule is CC1(C)[C@@H]2CC[C@@]1(C)[C@@H](OC(=O)CCl)C2. The van der Waals surface area contributed by atoms with Crippen molar-refractivity contribution < 1.29 is 9.53 Å². The van der Waals surface area contributed by atoms with Gasteiger partial charge in [-0.15, -0.1) is 11.6 Å². The van der Waals surface area contributed by atoms with Gasteiger partial charge < -0.3 is 4.74 Å². The Morgan fingerprint density at radius 1 is 1.47 bits per heavy atom. The Morgan fingerprint density at radius 3 is 2.53 bits per heavy atom. The summed E-state index contributed by atoms with van der Waals surface area (Å²) in [6.07, 6.45) is 3.55. The van der Waals surface area contributed by atoms with Crippen LogP contribution in [0.3, 0.4) is 0 Å². The molecule has 2 rings (SSSR count). The molecule has 2 fully saturated rings. The van der Waals surface area contributed by atoms with Gasteiger partial charge in [0, 0.05) is 5.41 Å². The van der Waals surface area contributed by atoms with Gasteiger partial charge >= 0.3 is 5.97 Å². The van der Waals surface area contributed by atoms with Crippen LogP contribution in [0.4, 0.5) is 0 Å². The van der Waals surface area contributed by atoms with E-state index >= 15 is 0 Å². The molecule has 3 atom stereocenters. The zero-order valence-electron chi connectivity index (χ0n) is 9.68. The number of rotatable bonds is 2. The highest BCUT2D eigenvalue weighted by Crippen LogP contribution is 2.66. The molecule has 0 aromatic carbocycles. The first-order chi connectivity index (χ1) is 6.91. The average Bonchev–Trinajstić information content (AvgIpc) is 2.50. The predicted molar refractivity (Wildman–Crippen MR) is 59.8 cm³/mol. The van der Waals surface area contributed by atoms with Gasteiger partial charge in [-0.1, -0.05) is 20.8 Å². The molecular weight excluding hydrogens is 212 g/mol. The summed E-state index contributed by atoms with van der Waals surface area (Å²) in [5.74, 6) is 0.402. The Morgan fingerprint density at radius 2 is 2.13 bits per heavy atom. The maximum Gasteiger partial charge on any atom is 0.321 e. The first-order valence-electron chi connectivity index (χ1n) is 5.67. The van der Waals surface area contributed by atoms with Gasteiger partial charge in [0.2, 0.25) is 0 Å². The molecule has 0 N–H and O–H groups in total. The van der Waals surface area contributed by atoms with Gasteiger partial charge in [0.15, 0.2) is 0 Å². The lowest BCUT2D eigenvalue weighted by Gasteiger charge is -2.38. The number of hydrogen-bond acceptors (Lipinski definition) is 2. The van der Waals surface area contributed by atoms with Gasteiger partial charge in [0.05, 0.1) is 0 Å². The normalized spacial score (nSPS) is 41.9. The fourth-order valence-electron chi connectivity index (χ4n) is 3.50. The second kappa shape index (κ2) is 3.38. The minimum absolute atomic E-state index is 0.0301. The van der Waals surface area contributed by atoms with E-state index in [0.717, 1.165) is 6.42 Å². The van der Waals surface area contributed by atoms with E-state index in [4.69, 9.17) is 16.3 Å². The van der Waals surface area contributed by atoms with Gasteiger partial charge in [-0.25, -0.2) is 0 Å². The summed E-state index contributed by atoms with van der Waals surface area (Å²) in [6, 6.07) is 0. The molecule has 0 radical (unpaired) electrons. The van der Waals surface area contributed by atoms with E-state index in [2.05, 4.69) is 20.8 Å². The van der Waals surface area contributed by atoms with Crippen molar-refractivity contribution in [3.8, 4) is 0 Å². The van der Waals surface area contributed by atoms with Crippen molar-refractivity contribution in [2.24, 2.45) is 16.7 Å². The summed E-state index contributed by atoms with van der Waals surface area (Å²) in [6.45, 7) is 6.87. The highest BCUT2D eigenvalue weighted by Gasteiger charge is 2.62. The van der Waals surface area contributed by atoms with Gasteiger partial charge in [-0.2, -0.15) is 0 Å². The monoisotopic (exact) mass is 230 g/mol. The third kappa shape index (κ3) is 1.41. The Labute approximate surface area is 96.3 Å². The van der Waals surface area contributed by atoms with Crippen molar-refractivity contribution in [2.75, 3.05) is 5.88 Å². The van der Waals surface area contributed by atoms with E-state index in [-0.39, 0.29) is 23.4 Å². The highest BCUT2D eigenvalue weighted by molar-refractivity contribution is 6.26. The predicted octanol–water partition coefficient (Wildman–Crippen LogP) is 2.98. The molecule has 2 aliphatic carbocycles. The van der Waals surface area contributed by atoms with Crippen molar-refractivity contribution in [1.29, 1.82) is 0 Å². The molecule has 2 bridgehead atoms. The van der Waals surface area contributed by atoms with Crippen LogP contribution in [0.2, 0.25) is 0 Å². The Kier molecular flexibility index (Phi) is 2.53. The van der Waals surface area contributed by atoms with Crippen molar-refractivity contribution in [3.63, 3.8) is 0 Å². The van der Waals surface area contributed by atoms with Crippen molar-refractivity contribution in [2.45, 2.75) is 46.1 Å². The molecular formula is C12H19ClO2. The smallest absolute Gasteiger partial charge is 0.321 e. The van der Waals surface area contributed by atoms with Crippen LogP contribution in [0, 0.1) is 16.7 Å². The zero-order chi connectivity index (χ0) is 11.3. The fourth-order valence-corrected chi connectivity index (χ4v) is 3.56. The largest absolute Gasteiger partial charge is 0.461 e. The molecule has 15 heavy (non-hydrogen) atoms. The topological polar surface area (TPSA) is 26.3 Å². The van der Waals surface area contributed by atoms with Crippen LogP contribution in [0.1, 0.15) is 40.0 Å². The summed E-state index contributed by atoms with van der Waals surface area (Å²) in [7, 11) is 0. The van der Waals surface area contributed by atoms with E-state index in [9.17, 15) is 4.79 Å². The van der Waals surface area contributed by atoms with Crippen LogP contribution in [-0.4, -0.2) is 18.0 Å². The Bertz CT molecular complexity index is 287. The molecule has 0 unspecified atom stereocenters. The molecule has 0 saturated heterocycles. The number of fused-ring (bicyclic) bond motifs is 2. The third-order valence-corrected chi connectivity index (χ3v) is 5.31. The van der Waals surface area contributed by atoms with E-state index in [0.29, 0.717) is 11.3 Å². The van der Waals surface area contributed by atoms with Crippen LogP contribution >= 0.6 is 11.6 Å². The Hall–Kier alpha value is -0.240. The van der Waals surface area contributed by atoms with E-state index < -0.39 is 0 Å². The zero-order valence-corrected chi connectivity index (χ0v) is 10.4. The maximum atomic E-state index is 11.2. The molecule has 2 saturated carbocycles. The molecule has 2 aliphatic rings. The second-order valence-electron chi connectivity index (χ2n) is 5.72. The van der Waals surface area contributed by atoms with Crippen molar-refractivity contribution >= 4 is 17.6 Å². The van der Waals surface area contributed by atoms with E-state index in [1.54, 1.807) is 0 Å². The lowest BCUT2D eigenvalue weighted by molar-refractivity contribution is -0.153. The standard InChI is InChI=1S/C12H19ClO2/c1-11(2)8-4-5-12(11,3)9(6-8)15-10(14)7-13/h8-9H,4-7H2,1-3H3/t8-,9+,12+/m1/s1. The first kappa shape index (κ1) is 11.3. The molecule has 86 valence electrons. The minimum atomic E-state index is -0.272. The van der Waals surface area contributed by atoms with Crippen LogP contribution in [-0.2, 0) is 9.53 Å². The number of hydrogen-bond donors (Lipinski definition) is 0. The number of alkyl halides is 1. The van der Waals surface area contributed by atoms with E-state index in [1.165, 1.54) is 12.8 Å². The summed E-state index contributed by atoms with van der Waals surface area (Å²) in [5.41, 5.74) is 0.448. The molecule has 0 amide bonds. The van der Waals surface area contributed by atoms with Gasteiger partial charge in [0.25, 0.3) is 0 Å². The molecule has 0 spiro atoms. The molecule has 0 aromatic heterocycles. The molecule has 0 aliphatic heterocycles. The molecule has 3 heteroatoms. The number of carbonyl (C=O) groups excluding carboxylic acids is 1. The average molecular weight is 231 g/mol. The highest BCUT2D eigenvalue weighted by atomic mass is 35.5. The van der Waals surface area contributed by atoms with Crippen LogP contribution in [0.15, 0.2) is 0 Å². The van der Waals surface area contributed by atoms with Gasteiger partial charge in [-0.3, -0.25) is 4.79 Å². The van der Waals surface area contributed by atoms with Crippen molar-refractivity contribution in [3.05, 3.63) is 0 Å². The minimum Gasteiger partial charge on any atom is -0.461 e. The lowest BCUT2D eigenvalue weighted by Crippen LogP contribution is -2.38. The Balaban J connectivity index is 2.15. The maximum absolute atomic E-state index is 11.2. The van der Waals surface area contributed by atoms with Crippen LogP contribution in [0.5, 0.6) is 0 Å². The van der Waals surface area contributed by atoms with Crippen molar-refractivity contribution in [1.82, 2.24) is 0 Å². The number of carbonyl (C=O) groups is 1. The van der Waals surface area contributed by atoms with E-state index in [1.807, 2.05) is 0 Å². The summed E-state index contributed by atoms with van der Waals surface area (Å²) < 4.78 is 5.46. The fraction of sp³-hybridized carbons (Fsp3) is 0.917. The van der Waals surface area contributed by atoms with Gasteiger partial charge in [0.1, 0.15) is 12.0 Å². The van der Waals surface area contributed by atoms with Gasteiger partial charge in [-0.05, 0) is 30.6 Å². The lowest BCUT2D eigenvalue weighted by atomic mass is 9.70. The molecule has 0 heterocycles. The third-order valence-electron chi connectivity index (χ3n) is 5.10. The number of esters is 1. The quantitative estimate of drug-likeness (QED) is 0.539. The summed E-state index contributed by atoms with van der Waals surface area (Å²) >= 11 is 5.47. The van der Waals surface area contributed by atoms with Crippen LogP contribution < -0.4 is 0 Å². The summed E-state index contributed by atoms with van der Waals surface area (Å²) in [5, 5.41) is 0. The number of halogens is 1. The second-order valence-corrected chi connectivity index (χ2v) is 5.99. The first-order valence-corrected chi connectivity index (χ1v) is 6.20. The number of ether oxygens (including phenoxy) is 1.